The highest BCUT2D eigenvalue weighted by atomic mass is 16.3. The molecule has 2 aliphatic rings. The van der Waals surface area contributed by atoms with Gasteiger partial charge in [-0.1, -0.05) is 6.92 Å². The molecule has 0 amide bonds. The van der Waals surface area contributed by atoms with E-state index in [2.05, 4.69) is 6.92 Å². The van der Waals surface area contributed by atoms with Crippen LogP contribution in [0.1, 0.15) is 32.6 Å². The van der Waals surface area contributed by atoms with Gasteiger partial charge in [0.25, 0.3) is 0 Å². The second-order valence-electron chi connectivity index (χ2n) is 3.85. The van der Waals surface area contributed by atoms with Gasteiger partial charge < -0.3 is 5.11 Å². The molecule has 2 rings (SSSR count). The van der Waals surface area contributed by atoms with Crippen molar-refractivity contribution in [2.24, 2.45) is 11.8 Å². The van der Waals surface area contributed by atoms with Crippen molar-refractivity contribution >= 4 is 0 Å². The molecule has 2 saturated carbocycles. The zero-order valence-electron chi connectivity index (χ0n) is 5.93. The van der Waals surface area contributed by atoms with Gasteiger partial charge in [0.15, 0.2) is 0 Å². The molecule has 9 heavy (non-hydrogen) atoms. The van der Waals surface area contributed by atoms with Gasteiger partial charge in [-0.3, -0.25) is 0 Å². The SMILES string of the molecule is CC1CC2CCC1(O)C2. The van der Waals surface area contributed by atoms with Gasteiger partial charge in [-0.25, -0.2) is 0 Å². The van der Waals surface area contributed by atoms with Gasteiger partial charge in [0.05, 0.1) is 5.60 Å². The Balaban J connectivity index is 2.22. The Kier molecular flexibility index (Phi) is 0.963. The minimum absolute atomic E-state index is 0.231. The summed E-state index contributed by atoms with van der Waals surface area (Å²) >= 11 is 0. The fourth-order valence-corrected chi connectivity index (χ4v) is 2.53. The van der Waals surface area contributed by atoms with Gasteiger partial charge in [0, 0.05) is 0 Å². The van der Waals surface area contributed by atoms with Gasteiger partial charge in [-0.05, 0) is 37.5 Å². The summed E-state index contributed by atoms with van der Waals surface area (Å²) < 4.78 is 0. The second kappa shape index (κ2) is 1.51. The van der Waals surface area contributed by atoms with Crippen LogP contribution in [0.25, 0.3) is 0 Å². The maximum Gasteiger partial charge on any atom is 0.0676 e. The first-order valence-electron chi connectivity index (χ1n) is 3.93. The Bertz CT molecular complexity index is 133. The van der Waals surface area contributed by atoms with Crippen LogP contribution in [0.15, 0.2) is 0 Å². The zero-order valence-corrected chi connectivity index (χ0v) is 5.93. The molecule has 0 radical (unpaired) electrons. The van der Waals surface area contributed by atoms with Crippen molar-refractivity contribution in [1.82, 2.24) is 0 Å². The molecule has 0 heterocycles. The summed E-state index contributed by atoms with van der Waals surface area (Å²) in [5, 5.41) is 9.81. The summed E-state index contributed by atoms with van der Waals surface area (Å²) in [4.78, 5) is 0. The molecular formula is C8H14O. The van der Waals surface area contributed by atoms with Crippen LogP contribution in [-0.4, -0.2) is 10.7 Å². The highest BCUT2D eigenvalue weighted by Crippen LogP contribution is 2.50. The summed E-state index contributed by atoms with van der Waals surface area (Å²) in [6.45, 7) is 2.18. The summed E-state index contributed by atoms with van der Waals surface area (Å²) in [6, 6.07) is 0. The average molecular weight is 126 g/mol. The molecule has 2 bridgehead atoms. The molecule has 2 aliphatic carbocycles. The molecule has 3 unspecified atom stereocenters. The predicted octanol–water partition coefficient (Wildman–Crippen LogP) is 1.56. The van der Waals surface area contributed by atoms with Crippen LogP contribution in [-0.2, 0) is 0 Å². The van der Waals surface area contributed by atoms with E-state index in [0.29, 0.717) is 5.92 Å². The van der Waals surface area contributed by atoms with E-state index in [4.69, 9.17) is 0 Å². The summed E-state index contributed by atoms with van der Waals surface area (Å²) in [6.07, 6.45) is 4.71. The number of aliphatic hydroxyl groups is 1. The molecule has 1 nitrogen and oxygen atoms in total. The number of fused-ring (bicyclic) bond motifs is 2. The van der Waals surface area contributed by atoms with Crippen LogP contribution < -0.4 is 0 Å². The maximum absolute atomic E-state index is 9.81. The highest BCUT2D eigenvalue weighted by Gasteiger charge is 2.48. The quantitative estimate of drug-likeness (QED) is 0.522. The van der Waals surface area contributed by atoms with E-state index in [1.807, 2.05) is 0 Å². The van der Waals surface area contributed by atoms with E-state index in [0.717, 1.165) is 18.8 Å². The first-order chi connectivity index (χ1) is 4.21. The smallest absolute Gasteiger partial charge is 0.0676 e. The van der Waals surface area contributed by atoms with E-state index in [9.17, 15) is 5.11 Å². The number of hydrogen-bond acceptors (Lipinski definition) is 1. The minimum atomic E-state index is -0.231. The van der Waals surface area contributed by atoms with Crippen molar-refractivity contribution in [3.63, 3.8) is 0 Å². The molecule has 0 aromatic carbocycles. The third-order valence-electron chi connectivity index (χ3n) is 3.23. The normalized spacial score (nSPS) is 56.7. The molecule has 3 atom stereocenters. The lowest BCUT2D eigenvalue weighted by Gasteiger charge is -2.26. The Labute approximate surface area is 56.1 Å². The van der Waals surface area contributed by atoms with Gasteiger partial charge in [0.2, 0.25) is 0 Å². The first kappa shape index (κ1) is 5.72. The Hall–Kier alpha value is -0.0400. The summed E-state index contributed by atoms with van der Waals surface area (Å²) in [5.41, 5.74) is -0.231. The average Bonchev–Trinajstić information content (AvgIpc) is 2.22. The maximum atomic E-state index is 9.81. The van der Waals surface area contributed by atoms with Gasteiger partial charge in [-0.15, -0.1) is 0 Å². The fraction of sp³-hybridized carbons (Fsp3) is 1.00. The van der Waals surface area contributed by atoms with Gasteiger partial charge in [0.1, 0.15) is 0 Å². The molecule has 0 saturated heterocycles. The third kappa shape index (κ3) is 0.644. The van der Waals surface area contributed by atoms with Crippen molar-refractivity contribution in [2.75, 3.05) is 0 Å². The molecule has 0 spiro atoms. The van der Waals surface area contributed by atoms with E-state index in [1.165, 1.54) is 12.8 Å². The minimum Gasteiger partial charge on any atom is -0.390 e. The van der Waals surface area contributed by atoms with Crippen molar-refractivity contribution in [3.8, 4) is 0 Å². The molecule has 0 aromatic rings. The van der Waals surface area contributed by atoms with Crippen molar-refractivity contribution in [3.05, 3.63) is 0 Å². The van der Waals surface area contributed by atoms with Gasteiger partial charge in [-0.2, -0.15) is 0 Å². The largest absolute Gasteiger partial charge is 0.390 e. The summed E-state index contributed by atoms with van der Waals surface area (Å²) in [5.74, 6) is 1.45. The lowest BCUT2D eigenvalue weighted by molar-refractivity contribution is 0.00958. The molecule has 52 valence electrons. The van der Waals surface area contributed by atoms with Crippen molar-refractivity contribution < 1.29 is 5.11 Å². The lowest BCUT2D eigenvalue weighted by Crippen LogP contribution is -2.29. The van der Waals surface area contributed by atoms with Crippen molar-refractivity contribution in [2.45, 2.75) is 38.2 Å². The molecular weight excluding hydrogens is 112 g/mol. The van der Waals surface area contributed by atoms with Crippen LogP contribution in [0.2, 0.25) is 0 Å². The molecule has 1 N–H and O–H groups in total. The van der Waals surface area contributed by atoms with Crippen LogP contribution >= 0.6 is 0 Å². The summed E-state index contributed by atoms with van der Waals surface area (Å²) in [7, 11) is 0. The lowest BCUT2D eigenvalue weighted by atomic mass is 9.87. The molecule has 1 heteroatoms. The van der Waals surface area contributed by atoms with Gasteiger partial charge >= 0.3 is 0 Å². The molecule has 2 fully saturated rings. The monoisotopic (exact) mass is 126 g/mol. The van der Waals surface area contributed by atoms with E-state index in [-0.39, 0.29) is 5.60 Å². The van der Waals surface area contributed by atoms with Crippen LogP contribution in [0, 0.1) is 11.8 Å². The van der Waals surface area contributed by atoms with Crippen LogP contribution in [0.4, 0.5) is 0 Å². The number of rotatable bonds is 0. The highest BCUT2D eigenvalue weighted by molar-refractivity contribution is 5.00. The Morgan fingerprint density at radius 2 is 2.33 bits per heavy atom. The van der Waals surface area contributed by atoms with E-state index in [1.54, 1.807) is 0 Å². The van der Waals surface area contributed by atoms with E-state index >= 15 is 0 Å². The predicted molar refractivity (Wildman–Crippen MR) is 36.1 cm³/mol. The fourth-order valence-electron chi connectivity index (χ4n) is 2.53. The first-order valence-corrected chi connectivity index (χ1v) is 3.93. The van der Waals surface area contributed by atoms with Crippen LogP contribution in [0.5, 0.6) is 0 Å². The van der Waals surface area contributed by atoms with Crippen molar-refractivity contribution in [1.29, 1.82) is 0 Å². The standard InChI is InChI=1S/C8H14O/c1-6-4-7-2-3-8(6,9)5-7/h6-7,9H,2-5H2,1H3. The Morgan fingerprint density at radius 3 is 2.56 bits per heavy atom. The second-order valence-corrected chi connectivity index (χ2v) is 3.85. The number of hydrogen-bond donors (Lipinski definition) is 1. The third-order valence-corrected chi connectivity index (χ3v) is 3.23. The Morgan fingerprint density at radius 1 is 1.56 bits per heavy atom. The molecule has 0 aromatic heterocycles. The molecule has 0 aliphatic heterocycles. The topological polar surface area (TPSA) is 20.2 Å². The van der Waals surface area contributed by atoms with E-state index < -0.39 is 0 Å². The zero-order chi connectivity index (χ0) is 6.48. The van der Waals surface area contributed by atoms with Crippen LogP contribution in [0.3, 0.4) is 0 Å².